The molecule has 0 heterocycles. The summed E-state index contributed by atoms with van der Waals surface area (Å²) < 4.78 is 0. The molecule has 0 spiro atoms. The summed E-state index contributed by atoms with van der Waals surface area (Å²) in [5.41, 5.74) is 0.378. The Morgan fingerprint density at radius 2 is 2.05 bits per heavy atom. The normalized spacial score (nSPS) is 21.4. The van der Waals surface area contributed by atoms with Crippen molar-refractivity contribution in [3.63, 3.8) is 0 Å². The van der Waals surface area contributed by atoms with Gasteiger partial charge < -0.3 is 15.7 Å². The molecule has 2 rings (SSSR count). The van der Waals surface area contributed by atoms with Gasteiger partial charge in [-0.25, -0.2) is 9.59 Å². The Morgan fingerprint density at radius 3 is 2.63 bits per heavy atom. The molecule has 3 N–H and O–H groups in total. The first-order valence-electron chi connectivity index (χ1n) is 6.06. The van der Waals surface area contributed by atoms with E-state index in [0.29, 0.717) is 11.6 Å². The molecular weight excluding hydrogens is 268 g/mol. The molecule has 19 heavy (non-hydrogen) atoms. The number of hydrogen-bond donors (Lipinski definition) is 3. The molecule has 1 aliphatic carbocycles. The Balaban J connectivity index is 1.97. The van der Waals surface area contributed by atoms with Crippen LogP contribution in [0.15, 0.2) is 18.2 Å². The van der Waals surface area contributed by atoms with Gasteiger partial charge in [0.25, 0.3) is 0 Å². The van der Waals surface area contributed by atoms with Crippen molar-refractivity contribution in [1.82, 2.24) is 5.32 Å². The van der Waals surface area contributed by atoms with E-state index in [1.165, 1.54) is 12.1 Å². The van der Waals surface area contributed by atoms with Crippen molar-refractivity contribution in [3.05, 3.63) is 28.8 Å². The summed E-state index contributed by atoms with van der Waals surface area (Å²) in [5.74, 6) is -0.471. The summed E-state index contributed by atoms with van der Waals surface area (Å²) in [7, 11) is 0. The SMILES string of the molecule is CC1CC(NC(=O)Nc2ccc(Cl)c(C(=O)O)c2)C1. The van der Waals surface area contributed by atoms with Gasteiger partial charge in [-0.15, -0.1) is 0 Å². The molecule has 0 bridgehead atoms. The van der Waals surface area contributed by atoms with Gasteiger partial charge in [-0.05, 0) is 37.0 Å². The van der Waals surface area contributed by atoms with E-state index in [0.717, 1.165) is 12.8 Å². The van der Waals surface area contributed by atoms with Gasteiger partial charge in [0.15, 0.2) is 0 Å². The number of urea groups is 1. The number of rotatable bonds is 3. The van der Waals surface area contributed by atoms with Gasteiger partial charge in [0.2, 0.25) is 0 Å². The summed E-state index contributed by atoms with van der Waals surface area (Å²) in [6, 6.07) is 4.24. The molecular formula is C13H15ClN2O3. The Hall–Kier alpha value is -1.75. The number of anilines is 1. The van der Waals surface area contributed by atoms with Crippen molar-refractivity contribution < 1.29 is 14.7 Å². The highest BCUT2D eigenvalue weighted by Gasteiger charge is 2.26. The van der Waals surface area contributed by atoms with Crippen LogP contribution in [0.5, 0.6) is 0 Å². The number of amides is 2. The number of hydrogen-bond acceptors (Lipinski definition) is 2. The van der Waals surface area contributed by atoms with Crippen LogP contribution in [-0.4, -0.2) is 23.1 Å². The van der Waals surface area contributed by atoms with E-state index in [-0.39, 0.29) is 22.7 Å². The van der Waals surface area contributed by atoms with Gasteiger partial charge in [-0.2, -0.15) is 0 Å². The zero-order chi connectivity index (χ0) is 14.0. The molecule has 102 valence electrons. The number of carboxylic acids is 1. The molecule has 0 aromatic heterocycles. The van der Waals surface area contributed by atoms with Crippen molar-refractivity contribution in [2.75, 3.05) is 5.32 Å². The standard InChI is InChI=1S/C13H15ClN2O3/c1-7-4-9(5-7)16-13(19)15-8-2-3-11(14)10(6-8)12(17)18/h2-3,6-7,9H,4-5H2,1H3,(H,17,18)(H2,15,16,19). The second-order valence-corrected chi connectivity index (χ2v) is 5.28. The maximum atomic E-state index is 11.7. The molecule has 1 aromatic carbocycles. The number of carboxylic acid groups (broad SMARTS) is 1. The van der Waals surface area contributed by atoms with Crippen LogP contribution in [0.1, 0.15) is 30.1 Å². The highest BCUT2D eigenvalue weighted by molar-refractivity contribution is 6.33. The average molecular weight is 283 g/mol. The van der Waals surface area contributed by atoms with Crippen molar-refractivity contribution >= 4 is 29.3 Å². The number of benzene rings is 1. The van der Waals surface area contributed by atoms with E-state index in [2.05, 4.69) is 17.6 Å². The van der Waals surface area contributed by atoms with Gasteiger partial charge in [0.1, 0.15) is 0 Å². The molecule has 0 aliphatic heterocycles. The van der Waals surface area contributed by atoms with Gasteiger partial charge in [-0.1, -0.05) is 18.5 Å². The van der Waals surface area contributed by atoms with Crippen LogP contribution in [0, 0.1) is 5.92 Å². The van der Waals surface area contributed by atoms with Crippen LogP contribution in [0.25, 0.3) is 0 Å². The van der Waals surface area contributed by atoms with Gasteiger partial charge in [-0.3, -0.25) is 0 Å². The van der Waals surface area contributed by atoms with Crippen LogP contribution in [-0.2, 0) is 0 Å². The molecule has 5 nitrogen and oxygen atoms in total. The number of nitrogens with one attached hydrogen (secondary N) is 2. The third-order valence-corrected chi connectivity index (χ3v) is 3.49. The fraction of sp³-hybridized carbons (Fsp3) is 0.385. The molecule has 0 atom stereocenters. The van der Waals surface area contributed by atoms with E-state index in [1.807, 2.05) is 0 Å². The van der Waals surface area contributed by atoms with E-state index in [1.54, 1.807) is 6.07 Å². The summed E-state index contributed by atoms with van der Waals surface area (Å²) in [6.07, 6.45) is 1.96. The van der Waals surface area contributed by atoms with Gasteiger partial charge in [0.05, 0.1) is 10.6 Å². The topological polar surface area (TPSA) is 78.4 Å². The zero-order valence-corrected chi connectivity index (χ0v) is 11.2. The maximum absolute atomic E-state index is 11.7. The summed E-state index contributed by atoms with van der Waals surface area (Å²) >= 11 is 5.75. The first-order valence-corrected chi connectivity index (χ1v) is 6.44. The van der Waals surface area contributed by atoms with Crippen LogP contribution >= 0.6 is 11.6 Å². The van der Waals surface area contributed by atoms with E-state index < -0.39 is 5.97 Å². The number of carbonyl (C=O) groups is 2. The number of carbonyl (C=O) groups excluding carboxylic acids is 1. The molecule has 1 aromatic rings. The van der Waals surface area contributed by atoms with E-state index in [9.17, 15) is 9.59 Å². The predicted octanol–water partition coefficient (Wildman–Crippen LogP) is 2.96. The first kappa shape index (κ1) is 13.7. The Morgan fingerprint density at radius 1 is 1.37 bits per heavy atom. The summed E-state index contributed by atoms with van der Waals surface area (Å²) in [5, 5.41) is 14.5. The molecule has 2 amide bonds. The zero-order valence-electron chi connectivity index (χ0n) is 10.4. The van der Waals surface area contributed by atoms with Crippen LogP contribution in [0.3, 0.4) is 0 Å². The van der Waals surface area contributed by atoms with Crippen molar-refractivity contribution in [2.45, 2.75) is 25.8 Å². The predicted molar refractivity (Wildman–Crippen MR) is 72.8 cm³/mol. The largest absolute Gasteiger partial charge is 0.478 e. The highest BCUT2D eigenvalue weighted by Crippen LogP contribution is 2.26. The second kappa shape index (κ2) is 5.48. The highest BCUT2D eigenvalue weighted by atomic mass is 35.5. The monoisotopic (exact) mass is 282 g/mol. The van der Waals surface area contributed by atoms with Crippen molar-refractivity contribution in [3.8, 4) is 0 Å². The second-order valence-electron chi connectivity index (χ2n) is 4.87. The van der Waals surface area contributed by atoms with Gasteiger partial charge in [0, 0.05) is 11.7 Å². The molecule has 1 aliphatic rings. The Bertz CT molecular complexity index is 513. The quantitative estimate of drug-likeness (QED) is 0.797. The van der Waals surface area contributed by atoms with E-state index >= 15 is 0 Å². The summed E-state index contributed by atoms with van der Waals surface area (Å²) in [6.45, 7) is 2.13. The molecule has 1 saturated carbocycles. The fourth-order valence-electron chi connectivity index (χ4n) is 2.14. The van der Waals surface area contributed by atoms with Crippen LogP contribution in [0.4, 0.5) is 10.5 Å². The Labute approximate surface area is 116 Å². The molecule has 0 saturated heterocycles. The lowest BCUT2D eigenvalue weighted by molar-refractivity contribution is 0.0697. The third-order valence-electron chi connectivity index (χ3n) is 3.16. The van der Waals surface area contributed by atoms with Crippen molar-refractivity contribution in [2.24, 2.45) is 5.92 Å². The number of halogens is 1. The lowest BCUT2D eigenvalue weighted by Crippen LogP contribution is -2.45. The molecule has 1 fully saturated rings. The maximum Gasteiger partial charge on any atom is 0.337 e. The average Bonchev–Trinajstić information content (AvgIpc) is 2.29. The lowest BCUT2D eigenvalue weighted by atomic mass is 9.82. The third kappa shape index (κ3) is 3.38. The number of aromatic carboxylic acids is 1. The minimum absolute atomic E-state index is 0.0308. The first-order chi connectivity index (χ1) is 8.95. The van der Waals surface area contributed by atoms with Crippen LogP contribution in [0.2, 0.25) is 5.02 Å². The minimum atomic E-state index is -1.12. The molecule has 0 unspecified atom stereocenters. The summed E-state index contributed by atoms with van der Waals surface area (Å²) in [4.78, 5) is 22.6. The Kier molecular flexibility index (Phi) is 3.95. The molecule has 0 radical (unpaired) electrons. The minimum Gasteiger partial charge on any atom is -0.478 e. The fourth-order valence-corrected chi connectivity index (χ4v) is 2.34. The van der Waals surface area contributed by atoms with Gasteiger partial charge >= 0.3 is 12.0 Å². The van der Waals surface area contributed by atoms with Crippen molar-refractivity contribution in [1.29, 1.82) is 0 Å². The molecule has 6 heteroatoms. The smallest absolute Gasteiger partial charge is 0.337 e. The van der Waals surface area contributed by atoms with Crippen LogP contribution < -0.4 is 10.6 Å². The van der Waals surface area contributed by atoms with E-state index in [4.69, 9.17) is 16.7 Å². The lowest BCUT2D eigenvalue weighted by Gasteiger charge is -2.33.